The predicted octanol–water partition coefficient (Wildman–Crippen LogP) is 5.64. The number of aryl methyl sites for hydroxylation is 1. The Morgan fingerprint density at radius 1 is 1.07 bits per heavy atom. The average Bonchev–Trinajstić information content (AvgIpc) is 2.93. The average molecular weight is 544 g/mol. The van der Waals surface area contributed by atoms with Gasteiger partial charge in [0, 0.05) is 5.56 Å². The number of aliphatic carboxylic acids is 1. The summed E-state index contributed by atoms with van der Waals surface area (Å²) in [6.07, 6.45) is 0.480. The largest absolute Gasteiger partial charge is 0.494 e. The number of para-hydroxylation sites is 1. The number of carboxylic acids is 1. The zero-order valence-electron chi connectivity index (χ0n) is 23.5. The lowest BCUT2D eigenvalue weighted by atomic mass is 9.96. The van der Waals surface area contributed by atoms with Crippen molar-refractivity contribution in [2.75, 3.05) is 13.7 Å². The van der Waals surface area contributed by atoms with Gasteiger partial charge in [-0.25, -0.2) is 9.78 Å². The quantitative estimate of drug-likeness (QED) is 0.258. The molecule has 0 saturated heterocycles. The number of nitrogens with zero attached hydrogens (tertiary/aromatic N) is 3. The molecule has 0 unspecified atom stereocenters. The SMILES string of the molecule is CCOc1cc(C)c(-c2nc3ccccc3c(=O)n2N=Cc2ccc(O[C@H](C)C(=O)O)c(OC)c2)cc1C(C)C. The number of carboxylic acid groups (broad SMARTS) is 1. The molecule has 0 saturated carbocycles. The van der Waals surface area contributed by atoms with Crippen molar-refractivity contribution in [3.8, 4) is 28.6 Å². The summed E-state index contributed by atoms with van der Waals surface area (Å²) in [6, 6.07) is 16.1. The van der Waals surface area contributed by atoms with Gasteiger partial charge in [0.05, 0.1) is 30.8 Å². The number of ether oxygens (including phenoxy) is 3. The number of rotatable bonds is 10. The molecule has 0 amide bonds. The molecule has 0 spiro atoms. The molecule has 0 bridgehead atoms. The Morgan fingerprint density at radius 2 is 1.82 bits per heavy atom. The van der Waals surface area contributed by atoms with E-state index in [-0.39, 0.29) is 17.2 Å². The van der Waals surface area contributed by atoms with Crippen LogP contribution in [0.4, 0.5) is 0 Å². The second kappa shape index (κ2) is 12.0. The van der Waals surface area contributed by atoms with Crippen molar-refractivity contribution >= 4 is 23.1 Å². The summed E-state index contributed by atoms with van der Waals surface area (Å²) >= 11 is 0. The summed E-state index contributed by atoms with van der Waals surface area (Å²) < 4.78 is 18.1. The third kappa shape index (κ3) is 5.83. The predicted molar refractivity (Wildman–Crippen MR) is 155 cm³/mol. The Morgan fingerprint density at radius 3 is 2.50 bits per heavy atom. The number of fused-ring (bicyclic) bond motifs is 1. The normalized spacial score (nSPS) is 12.2. The lowest BCUT2D eigenvalue weighted by Crippen LogP contribution is -2.23. The zero-order valence-corrected chi connectivity index (χ0v) is 23.5. The van der Waals surface area contributed by atoms with E-state index < -0.39 is 12.1 Å². The van der Waals surface area contributed by atoms with Crippen molar-refractivity contribution in [2.24, 2.45) is 5.10 Å². The Kier molecular flexibility index (Phi) is 8.52. The fourth-order valence-corrected chi connectivity index (χ4v) is 4.30. The molecule has 208 valence electrons. The van der Waals surface area contributed by atoms with Gasteiger partial charge in [-0.2, -0.15) is 9.78 Å². The van der Waals surface area contributed by atoms with E-state index in [4.69, 9.17) is 24.3 Å². The maximum Gasteiger partial charge on any atom is 0.344 e. The summed E-state index contributed by atoms with van der Waals surface area (Å²) in [7, 11) is 1.46. The van der Waals surface area contributed by atoms with Gasteiger partial charge in [0.25, 0.3) is 5.56 Å². The molecule has 40 heavy (non-hydrogen) atoms. The van der Waals surface area contributed by atoms with Crippen molar-refractivity contribution in [2.45, 2.75) is 46.6 Å². The molecule has 1 aromatic heterocycles. The summed E-state index contributed by atoms with van der Waals surface area (Å²) in [5.41, 5.74) is 3.56. The van der Waals surface area contributed by atoms with Crippen molar-refractivity contribution in [1.29, 1.82) is 0 Å². The third-order valence-corrected chi connectivity index (χ3v) is 6.43. The van der Waals surface area contributed by atoms with Crippen LogP contribution in [0, 0.1) is 6.92 Å². The molecule has 0 aliphatic carbocycles. The van der Waals surface area contributed by atoms with Crippen LogP contribution in [-0.4, -0.2) is 46.8 Å². The summed E-state index contributed by atoms with van der Waals surface area (Å²) in [6.45, 7) is 10.1. The number of benzene rings is 3. The molecule has 4 rings (SSSR count). The smallest absolute Gasteiger partial charge is 0.344 e. The topological polar surface area (TPSA) is 112 Å². The first-order valence-corrected chi connectivity index (χ1v) is 13.1. The zero-order chi connectivity index (χ0) is 29.0. The number of methoxy groups -OCH3 is 1. The fourth-order valence-electron chi connectivity index (χ4n) is 4.30. The monoisotopic (exact) mass is 543 g/mol. The van der Waals surface area contributed by atoms with Crippen molar-refractivity contribution < 1.29 is 24.1 Å². The second-order valence-corrected chi connectivity index (χ2v) is 9.62. The summed E-state index contributed by atoms with van der Waals surface area (Å²) in [4.78, 5) is 29.8. The number of hydrogen-bond donors (Lipinski definition) is 1. The Labute approximate surface area is 232 Å². The van der Waals surface area contributed by atoms with E-state index in [1.165, 1.54) is 24.9 Å². The molecule has 3 aromatic carbocycles. The number of aromatic nitrogens is 2. The van der Waals surface area contributed by atoms with Gasteiger partial charge in [0.2, 0.25) is 0 Å². The molecule has 1 heterocycles. The maximum atomic E-state index is 13.7. The van der Waals surface area contributed by atoms with E-state index in [2.05, 4.69) is 18.9 Å². The van der Waals surface area contributed by atoms with E-state index in [1.54, 1.807) is 30.3 Å². The van der Waals surface area contributed by atoms with Crippen LogP contribution in [0.5, 0.6) is 17.2 Å². The van der Waals surface area contributed by atoms with Gasteiger partial charge in [-0.05, 0) is 85.8 Å². The number of hydrogen-bond acceptors (Lipinski definition) is 7. The molecule has 0 aliphatic heterocycles. The molecule has 1 atom stereocenters. The minimum Gasteiger partial charge on any atom is -0.494 e. The molecular formula is C31H33N3O6. The third-order valence-electron chi connectivity index (χ3n) is 6.43. The number of carbonyl (C=O) groups is 1. The van der Waals surface area contributed by atoms with Gasteiger partial charge in [-0.3, -0.25) is 4.79 Å². The first-order chi connectivity index (χ1) is 19.1. The van der Waals surface area contributed by atoms with Gasteiger partial charge in [-0.1, -0.05) is 26.0 Å². The lowest BCUT2D eigenvalue weighted by Gasteiger charge is -2.18. The molecule has 0 radical (unpaired) electrons. The Hall–Kier alpha value is -4.66. The molecule has 0 fully saturated rings. The van der Waals surface area contributed by atoms with Crippen LogP contribution in [0.15, 0.2) is 64.5 Å². The molecule has 1 N–H and O–H groups in total. The van der Waals surface area contributed by atoms with Gasteiger partial charge >= 0.3 is 5.97 Å². The first kappa shape index (κ1) is 28.4. The second-order valence-electron chi connectivity index (χ2n) is 9.62. The van der Waals surface area contributed by atoms with Crippen LogP contribution >= 0.6 is 0 Å². The summed E-state index contributed by atoms with van der Waals surface area (Å²) in [5, 5.41) is 14.2. The van der Waals surface area contributed by atoms with Crippen LogP contribution < -0.4 is 19.8 Å². The van der Waals surface area contributed by atoms with E-state index in [0.29, 0.717) is 34.6 Å². The lowest BCUT2D eigenvalue weighted by molar-refractivity contribution is -0.144. The van der Waals surface area contributed by atoms with Crippen LogP contribution in [0.25, 0.3) is 22.3 Å². The highest BCUT2D eigenvalue weighted by molar-refractivity contribution is 5.83. The van der Waals surface area contributed by atoms with Gasteiger partial charge < -0.3 is 19.3 Å². The van der Waals surface area contributed by atoms with Gasteiger partial charge in [0.15, 0.2) is 23.4 Å². The minimum atomic E-state index is -1.09. The maximum absolute atomic E-state index is 13.7. The first-order valence-electron chi connectivity index (χ1n) is 13.1. The van der Waals surface area contributed by atoms with E-state index >= 15 is 0 Å². The standard InChI is InChI=1S/C31H33N3O6/c1-7-39-27-14-19(4)24(16-23(27)18(2)3)29-33-25-11-9-8-10-22(25)30(35)34(29)32-17-21-12-13-26(28(15-21)38-6)40-20(5)31(36)37/h8-18,20H,7H2,1-6H3,(H,36,37)/t20-/m1/s1. The van der Waals surface area contributed by atoms with Crippen molar-refractivity contribution in [1.82, 2.24) is 9.66 Å². The molecule has 9 nitrogen and oxygen atoms in total. The van der Waals surface area contributed by atoms with Crippen LogP contribution in [0.1, 0.15) is 50.3 Å². The highest BCUT2D eigenvalue weighted by Crippen LogP contribution is 2.34. The van der Waals surface area contributed by atoms with Crippen molar-refractivity contribution in [3.05, 3.63) is 81.6 Å². The summed E-state index contributed by atoms with van der Waals surface area (Å²) in [5.74, 6) is 0.931. The van der Waals surface area contributed by atoms with E-state index in [9.17, 15) is 9.59 Å². The minimum absolute atomic E-state index is 0.182. The van der Waals surface area contributed by atoms with E-state index in [1.807, 2.05) is 38.1 Å². The van der Waals surface area contributed by atoms with Gasteiger partial charge in [-0.15, -0.1) is 0 Å². The van der Waals surface area contributed by atoms with Crippen LogP contribution in [0.3, 0.4) is 0 Å². The molecule has 4 aromatic rings. The fraction of sp³-hybridized carbons (Fsp3) is 0.290. The van der Waals surface area contributed by atoms with Gasteiger partial charge in [0.1, 0.15) is 5.75 Å². The molecule has 9 heteroatoms. The van der Waals surface area contributed by atoms with Crippen molar-refractivity contribution in [3.63, 3.8) is 0 Å². The highest BCUT2D eigenvalue weighted by atomic mass is 16.5. The highest BCUT2D eigenvalue weighted by Gasteiger charge is 2.19. The van der Waals surface area contributed by atoms with Crippen LogP contribution in [0.2, 0.25) is 0 Å². The Balaban J connectivity index is 1.86. The molecule has 0 aliphatic rings. The van der Waals surface area contributed by atoms with E-state index in [0.717, 1.165) is 22.4 Å². The molecular weight excluding hydrogens is 510 g/mol. The van der Waals surface area contributed by atoms with Crippen LogP contribution in [-0.2, 0) is 4.79 Å². The Bertz CT molecular complexity index is 1640.